The van der Waals surface area contributed by atoms with Crippen LogP contribution in [0.1, 0.15) is 28.4 Å². The molecule has 0 saturated heterocycles. The van der Waals surface area contributed by atoms with Crippen molar-refractivity contribution in [2.75, 3.05) is 14.2 Å². The summed E-state index contributed by atoms with van der Waals surface area (Å²) in [5, 5.41) is 37.3. The van der Waals surface area contributed by atoms with Crippen LogP contribution in [0.2, 0.25) is 0 Å². The Balaban J connectivity index is 3.37. The lowest BCUT2D eigenvalue weighted by Crippen LogP contribution is -2.19. The van der Waals surface area contributed by atoms with Gasteiger partial charge in [0.25, 0.3) is 0 Å². The quantitative estimate of drug-likeness (QED) is 0.702. The van der Waals surface area contributed by atoms with Crippen LogP contribution < -0.4 is 9.47 Å². The third kappa shape index (κ3) is 3.17. The van der Waals surface area contributed by atoms with E-state index in [1.54, 1.807) is 6.07 Å². The van der Waals surface area contributed by atoms with Gasteiger partial charge in [-0.1, -0.05) is 0 Å². The second-order valence-corrected chi connectivity index (χ2v) is 3.97. The van der Waals surface area contributed by atoms with Crippen LogP contribution in [0.3, 0.4) is 0 Å². The maximum Gasteiger partial charge on any atom is 0.335 e. The lowest BCUT2D eigenvalue weighted by Gasteiger charge is -2.21. The first-order chi connectivity index (χ1) is 9.46. The van der Waals surface area contributed by atoms with Gasteiger partial charge in [0, 0.05) is 0 Å². The zero-order valence-electron chi connectivity index (χ0n) is 11.0. The maximum absolute atomic E-state index is 11.0. The second-order valence-electron chi connectivity index (χ2n) is 3.97. The normalized spacial score (nSPS) is 13.2. The molecule has 0 aliphatic carbocycles. The van der Waals surface area contributed by atoms with Crippen LogP contribution in [-0.2, 0) is 0 Å². The molecule has 0 radical (unpaired) electrons. The molecule has 1 aromatic carbocycles. The molecule has 0 aromatic heterocycles. The number of carbonyl (C=O) groups is 1. The van der Waals surface area contributed by atoms with Crippen LogP contribution in [0.5, 0.6) is 11.5 Å². The number of hydrogen-bond acceptors (Lipinski definition) is 6. The minimum absolute atomic E-state index is 0.0613. The molecule has 1 aromatic rings. The Labute approximate surface area is 115 Å². The van der Waals surface area contributed by atoms with Crippen molar-refractivity contribution in [1.82, 2.24) is 0 Å². The summed E-state index contributed by atoms with van der Waals surface area (Å²) in [7, 11) is 2.60. The van der Waals surface area contributed by atoms with Gasteiger partial charge in [0.2, 0.25) is 0 Å². The molecule has 2 atom stereocenters. The van der Waals surface area contributed by atoms with E-state index in [1.165, 1.54) is 26.4 Å². The van der Waals surface area contributed by atoms with Crippen LogP contribution >= 0.6 is 0 Å². The van der Waals surface area contributed by atoms with Crippen LogP contribution in [0.15, 0.2) is 12.1 Å². The zero-order valence-corrected chi connectivity index (χ0v) is 11.0. The molecule has 20 heavy (non-hydrogen) atoms. The Kier molecular flexibility index (Phi) is 5.32. The van der Waals surface area contributed by atoms with E-state index in [1.807, 2.05) is 0 Å². The largest absolute Gasteiger partial charge is 0.496 e. The van der Waals surface area contributed by atoms with E-state index in [4.69, 9.17) is 19.8 Å². The molecular formula is C13H15NO6. The van der Waals surface area contributed by atoms with Gasteiger partial charge in [-0.15, -0.1) is 0 Å². The number of carboxylic acid groups (broad SMARTS) is 1. The molecule has 108 valence electrons. The maximum atomic E-state index is 11.0. The zero-order chi connectivity index (χ0) is 15.3. The molecule has 0 bridgehead atoms. The van der Waals surface area contributed by atoms with E-state index in [0.29, 0.717) is 0 Å². The summed E-state index contributed by atoms with van der Waals surface area (Å²) in [4.78, 5) is 11.0. The van der Waals surface area contributed by atoms with E-state index in [-0.39, 0.29) is 29.0 Å². The number of benzene rings is 1. The smallest absolute Gasteiger partial charge is 0.335 e. The number of nitriles is 1. The molecule has 0 aliphatic heterocycles. The Morgan fingerprint density at radius 2 is 1.80 bits per heavy atom. The Morgan fingerprint density at radius 1 is 1.30 bits per heavy atom. The van der Waals surface area contributed by atoms with Gasteiger partial charge in [0.05, 0.1) is 43.9 Å². The summed E-state index contributed by atoms with van der Waals surface area (Å²) in [5.41, 5.74) is 0.0205. The number of aliphatic hydroxyl groups excluding tert-OH is 2. The van der Waals surface area contributed by atoms with E-state index >= 15 is 0 Å². The number of nitrogens with zero attached hydrogens (tertiary/aromatic N) is 1. The van der Waals surface area contributed by atoms with Gasteiger partial charge >= 0.3 is 5.97 Å². The molecule has 7 nitrogen and oxygen atoms in total. The molecule has 7 heteroatoms. The summed E-state index contributed by atoms with van der Waals surface area (Å²) in [5.74, 6) is -1.06. The highest BCUT2D eigenvalue weighted by Gasteiger charge is 2.27. The van der Waals surface area contributed by atoms with Gasteiger partial charge in [0.15, 0.2) is 0 Å². The predicted octanol–water partition coefficient (Wildman–Crippen LogP) is 0.710. The number of aromatic carboxylic acids is 1. The molecule has 0 aliphatic rings. The fourth-order valence-electron chi connectivity index (χ4n) is 1.75. The third-order valence-electron chi connectivity index (χ3n) is 2.75. The third-order valence-corrected chi connectivity index (χ3v) is 2.75. The van der Waals surface area contributed by atoms with E-state index in [9.17, 15) is 15.0 Å². The molecular weight excluding hydrogens is 266 g/mol. The van der Waals surface area contributed by atoms with Crippen molar-refractivity contribution in [3.05, 3.63) is 23.3 Å². The van der Waals surface area contributed by atoms with Crippen LogP contribution in [-0.4, -0.2) is 41.6 Å². The van der Waals surface area contributed by atoms with Gasteiger partial charge in [-0.2, -0.15) is 5.26 Å². The summed E-state index contributed by atoms with van der Waals surface area (Å²) >= 11 is 0. The van der Waals surface area contributed by atoms with Gasteiger partial charge in [0.1, 0.15) is 17.6 Å². The summed E-state index contributed by atoms with van der Waals surface area (Å²) in [6, 6.07) is 4.16. The molecule has 3 N–H and O–H groups in total. The first-order valence-electron chi connectivity index (χ1n) is 5.68. The number of carboxylic acids is 1. The summed E-state index contributed by atoms with van der Waals surface area (Å²) in [6.07, 6.45) is -3.05. The summed E-state index contributed by atoms with van der Waals surface area (Å²) < 4.78 is 10.1. The highest BCUT2D eigenvalue weighted by Crippen LogP contribution is 2.37. The summed E-state index contributed by atoms with van der Waals surface area (Å²) in [6.45, 7) is 0. The van der Waals surface area contributed by atoms with Crippen molar-refractivity contribution in [2.24, 2.45) is 0 Å². The van der Waals surface area contributed by atoms with Crippen LogP contribution in [0, 0.1) is 11.3 Å². The second kappa shape index (κ2) is 6.75. The number of rotatable bonds is 6. The minimum atomic E-state index is -1.43. The molecule has 0 heterocycles. The van der Waals surface area contributed by atoms with Gasteiger partial charge in [-0.05, 0) is 12.1 Å². The lowest BCUT2D eigenvalue weighted by molar-refractivity contribution is 0.0187. The minimum Gasteiger partial charge on any atom is -0.496 e. The van der Waals surface area contributed by atoms with Crippen LogP contribution in [0.25, 0.3) is 0 Å². The van der Waals surface area contributed by atoms with Crippen LogP contribution in [0.4, 0.5) is 0 Å². The fraction of sp³-hybridized carbons (Fsp3) is 0.385. The van der Waals surface area contributed by atoms with Gasteiger partial charge in [-0.25, -0.2) is 4.79 Å². The molecule has 1 rings (SSSR count). The topological polar surface area (TPSA) is 120 Å². The predicted molar refractivity (Wildman–Crippen MR) is 67.7 cm³/mol. The number of hydrogen-bond donors (Lipinski definition) is 3. The van der Waals surface area contributed by atoms with Crippen molar-refractivity contribution in [3.8, 4) is 17.6 Å². The molecule has 2 unspecified atom stereocenters. The number of ether oxygens (including phenoxy) is 2. The first kappa shape index (κ1) is 15.8. The molecule has 0 amide bonds. The molecule has 0 spiro atoms. The van der Waals surface area contributed by atoms with Crippen molar-refractivity contribution in [1.29, 1.82) is 5.26 Å². The van der Waals surface area contributed by atoms with Crippen molar-refractivity contribution >= 4 is 5.97 Å². The average Bonchev–Trinajstić information content (AvgIpc) is 2.44. The molecule has 0 saturated carbocycles. The number of methoxy groups -OCH3 is 2. The van der Waals surface area contributed by atoms with Crippen molar-refractivity contribution < 1.29 is 29.6 Å². The Bertz CT molecular complexity index is 511. The average molecular weight is 281 g/mol. The van der Waals surface area contributed by atoms with Gasteiger partial charge in [-0.3, -0.25) is 0 Å². The molecule has 0 fully saturated rings. The number of aliphatic hydroxyl groups is 2. The highest BCUT2D eigenvalue weighted by molar-refractivity contribution is 5.89. The van der Waals surface area contributed by atoms with E-state index in [0.717, 1.165) is 0 Å². The first-order valence-corrected chi connectivity index (χ1v) is 5.68. The standard InChI is InChI=1S/C13H15NO6/c1-19-9-5-7(13(17)18)6-10(20-2)11(9)12(16)8(15)3-4-14/h5-6,8,12,15-16H,3H2,1-2H3,(H,17,18). The Morgan fingerprint density at radius 3 is 2.15 bits per heavy atom. The SMILES string of the molecule is COc1cc(C(=O)O)cc(OC)c1C(O)C(O)CC#N. The van der Waals surface area contributed by atoms with Gasteiger partial charge < -0.3 is 24.8 Å². The van der Waals surface area contributed by atoms with Crippen molar-refractivity contribution in [3.63, 3.8) is 0 Å². The monoisotopic (exact) mass is 281 g/mol. The Hall–Kier alpha value is -2.30. The van der Waals surface area contributed by atoms with E-state index < -0.39 is 18.2 Å². The highest BCUT2D eigenvalue weighted by atomic mass is 16.5. The fourth-order valence-corrected chi connectivity index (χ4v) is 1.75. The lowest BCUT2D eigenvalue weighted by atomic mass is 9.98. The van der Waals surface area contributed by atoms with E-state index in [2.05, 4.69) is 0 Å². The van der Waals surface area contributed by atoms with Crippen molar-refractivity contribution in [2.45, 2.75) is 18.6 Å².